The topological polar surface area (TPSA) is 81.8 Å². The van der Waals surface area contributed by atoms with Crippen LogP contribution < -0.4 is 10.9 Å². The van der Waals surface area contributed by atoms with Gasteiger partial charge in [0.25, 0.3) is 5.56 Å². The summed E-state index contributed by atoms with van der Waals surface area (Å²) in [6.07, 6.45) is 4.95. The van der Waals surface area contributed by atoms with E-state index >= 15 is 0 Å². The summed E-state index contributed by atoms with van der Waals surface area (Å²) < 4.78 is 3.59. The fraction of sp³-hybridized carbons (Fsp3) is 0.500. The average molecular weight is 454 g/mol. The van der Waals surface area contributed by atoms with Crippen molar-refractivity contribution >= 4 is 17.7 Å². The van der Waals surface area contributed by atoms with Crippen molar-refractivity contribution in [2.45, 2.75) is 69.8 Å². The monoisotopic (exact) mass is 453 g/mol. The minimum atomic E-state index is -0.283. The summed E-state index contributed by atoms with van der Waals surface area (Å²) in [5, 5.41) is 8.08. The van der Waals surface area contributed by atoms with E-state index in [9.17, 15) is 9.59 Å². The Kier molecular flexibility index (Phi) is 6.98. The Morgan fingerprint density at radius 1 is 1.16 bits per heavy atom. The van der Waals surface area contributed by atoms with E-state index in [1.807, 2.05) is 37.3 Å². The predicted octanol–water partition coefficient (Wildman–Crippen LogP) is 3.90. The summed E-state index contributed by atoms with van der Waals surface area (Å²) in [4.78, 5) is 30.7. The van der Waals surface area contributed by atoms with Crippen LogP contribution in [0.5, 0.6) is 0 Å². The summed E-state index contributed by atoms with van der Waals surface area (Å²) >= 11 is 1.45. The third-order valence-electron chi connectivity index (χ3n) is 5.84. The number of nitrogens with one attached hydrogen (secondary N) is 1. The standard InChI is InChI=1S/C24H31N5O2S/c1-16(2)13-14-25-22(30)17(3)32-24-26-21-20(19-12-8-5-9-15-28(19)24)23(31)29(27-21)18-10-6-4-7-11-18/h4,6-7,10-11,16-17H,5,8-9,12-15H2,1-3H3,(H,25,30). The summed E-state index contributed by atoms with van der Waals surface area (Å²) in [7, 11) is 0. The quantitative estimate of drug-likeness (QED) is 0.433. The van der Waals surface area contributed by atoms with Crippen molar-refractivity contribution in [2.24, 2.45) is 5.92 Å². The minimum Gasteiger partial charge on any atom is -0.355 e. The molecule has 0 aromatic heterocycles. The highest BCUT2D eigenvalue weighted by atomic mass is 32.2. The van der Waals surface area contributed by atoms with Crippen LogP contribution in [0.3, 0.4) is 0 Å². The zero-order valence-corrected chi connectivity index (χ0v) is 19.8. The molecule has 4 rings (SSSR count). The van der Waals surface area contributed by atoms with Crippen molar-refractivity contribution in [1.82, 2.24) is 24.6 Å². The number of hydrogen-bond acceptors (Lipinski definition) is 5. The SMILES string of the molecule is CC(C)CCNC(=O)C(C)Sc1nc2nn(-c3ccccc3)c(=O)c-2c2n1CCCCC2. The van der Waals surface area contributed by atoms with Crippen LogP contribution in [0.15, 0.2) is 40.3 Å². The van der Waals surface area contributed by atoms with Crippen LogP contribution in [0, 0.1) is 5.92 Å². The Morgan fingerprint density at radius 2 is 1.94 bits per heavy atom. The Morgan fingerprint density at radius 3 is 2.69 bits per heavy atom. The molecule has 32 heavy (non-hydrogen) atoms. The van der Waals surface area contributed by atoms with Gasteiger partial charge in [-0.05, 0) is 50.7 Å². The average Bonchev–Trinajstić information content (AvgIpc) is 2.94. The van der Waals surface area contributed by atoms with E-state index in [4.69, 9.17) is 4.98 Å². The van der Waals surface area contributed by atoms with E-state index in [0.29, 0.717) is 23.9 Å². The van der Waals surface area contributed by atoms with Crippen LogP contribution in [0.1, 0.15) is 52.1 Å². The van der Waals surface area contributed by atoms with Gasteiger partial charge in [-0.3, -0.25) is 9.59 Å². The Labute approximate surface area is 193 Å². The van der Waals surface area contributed by atoms with Crippen molar-refractivity contribution in [3.05, 3.63) is 46.4 Å². The number of rotatable bonds is 7. The first kappa shape index (κ1) is 22.6. The van der Waals surface area contributed by atoms with Crippen LogP contribution in [-0.2, 0) is 17.8 Å². The number of aromatic nitrogens is 4. The fourth-order valence-electron chi connectivity index (χ4n) is 4.03. The van der Waals surface area contributed by atoms with Gasteiger partial charge in [0.15, 0.2) is 11.0 Å². The second-order valence-corrected chi connectivity index (χ2v) is 10.1. The van der Waals surface area contributed by atoms with Crippen molar-refractivity contribution in [3.63, 3.8) is 0 Å². The number of benzene rings is 1. The first-order valence-electron chi connectivity index (χ1n) is 11.5. The lowest BCUT2D eigenvalue weighted by Crippen LogP contribution is -2.32. The van der Waals surface area contributed by atoms with Gasteiger partial charge >= 0.3 is 0 Å². The fourth-order valence-corrected chi connectivity index (χ4v) is 5.00. The molecule has 3 aliphatic heterocycles. The summed E-state index contributed by atoms with van der Waals surface area (Å²) in [6.45, 7) is 7.69. The Balaban J connectivity index is 1.70. The molecule has 1 amide bonds. The molecule has 0 aliphatic carbocycles. The highest BCUT2D eigenvalue weighted by Crippen LogP contribution is 2.32. The van der Waals surface area contributed by atoms with Gasteiger partial charge in [-0.2, -0.15) is 4.68 Å². The van der Waals surface area contributed by atoms with E-state index < -0.39 is 0 Å². The number of fused-ring (bicyclic) bond motifs is 3. The van der Waals surface area contributed by atoms with E-state index in [2.05, 4.69) is 28.8 Å². The number of nitrogens with zero attached hydrogens (tertiary/aromatic N) is 4. The largest absolute Gasteiger partial charge is 0.355 e. The summed E-state index contributed by atoms with van der Waals surface area (Å²) in [6, 6.07) is 9.45. The van der Waals surface area contributed by atoms with Crippen LogP contribution in [0.2, 0.25) is 0 Å². The zero-order valence-electron chi connectivity index (χ0n) is 19.0. The van der Waals surface area contributed by atoms with Gasteiger partial charge in [0.1, 0.15) is 5.56 Å². The van der Waals surface area contributed by atoms with Crippen LogP contribution in [-0.4, -0.2) is 37.0 Å². The normalized spacial score (nSPS) is 14.9. The highest BCUT2D eigenvalue weighted by molar-refractivity contribution is 8.00. The molecule has 0 spiro atoms. The molecule has 170 valence electrons. The van der Waals surface area contributed by atoms with Crippen molar-refractivity contribution in [2.75, 3.05) is 6.54 Å². The maximum Gasteiger partial charge on any atom is 0.284 e. The van der Waals surface area contributed by atoms with Crippen molar-refractivity contribution < 1.29 is 4.79 Å². The Hall–Kier alpha value is -2.61. The first-order valence-corrected chi connectivity index (χ1v) is 12.4. The molecule has 1 unspecified atom stereocenters. The molecular weight excluding hydrogens is 422 g/mol. The summed E-state index contributed by atoms with van der Waals surface area (Å²) in [5.74, 6) is 1.02. The molecule has 0 radical (unpaired) electrons. The van der Waals surface area contributed by atoms with E-state index in [1.165, 1.54) is 16.4 Å². The summed E-state index contributed by atoms with van der Waals surface area (Å²) in [5.41, 5.74) is 2.21. The number of carbonyl (C=O) groups excluding carboxylic acids is 1. The highest BCUT2D eigenvalue weighted by Gasteiger charge is 2.28. The minimum absolute atomic E-state index is 0.0137. The smallest absolute Gasteiger partial charge is 0.284 e. The molecule has 0 saturated heterocycles. The van der Waals surface area contributed by atoms with Gasteiger partial charge in [0, 0.05) is 18.8 Å². The molecule has 7 nitrogen and oxygen atoms in total. The molecule has 1 aromatic rings. The number of amides is 1. The maximum atomic E-state index is 13.3. The molecule has 0 bridgehead atoms. The van der Waals surface area contributed by atoms with Gasteiger partial charge in [-0.1, -0.05) is 50.2 Å². The third kappa shape index (κ3) is 4.75. The lowest BCUT2D eigenvalue weighted by atomic mass is 10.1. The first-order chi connectivity index (χ1) is 15.5. The number of carbonyl (C=O) groups is 1. The van der Waals surface area contributed by atoms with Gasteiger partial charge in [0.2, 0.25) is 5.91 Å². The number of para-hydroxylation sites is 1. The van der Waals surface area contributed by atoms with Crippen LogP contribution in [0.4, 0.5) is 0 Å². The maximum absolute atomic E-state index is 13.3. The van der Waals surface area contributed by atoms with Crippen molar-refractivity contribution in [1.29, 1.82) is 0 Å². The predicted molar refractivity (Wildman–Crippen MR) is 128 cm³/mol. The number of thioether (sulfide) groups is 1. The molecule has 3 aliphatic rings. The lowest BCUT2D eigenvalue weighted by molar-refractivity contribution is -0.120. The second kappa shape index (κ2) is 9.90. The molecule has 1 aromatic carbocycles. The molecule has 8 heteroatoms. The molecule has 3 heterocycles. The van der Waals surface area contributed by atoms with Gasteiger partial charge in [-0.25, -0.2) is 4.98 Å². The van der Waals surface area contributed by atoms with Crippen LogP contribution in [0.25, 0.3) is 17.1 Å². The third-order valence-corrected chi connectivity index (χ3v) is 6.93. The molecule has 0 saturated carbocycles. The molecule has 0 fully saturated rings. The second-order valence-electron chi connectivity index (χ2n) is 8.79. The zero-order chi connectivity index (χ0) is 22.7. The van der Waals surface area contributed by atoms with Gasteiger partial charge < -0.3 is 9.88 Å². The van der Waals surface area contributed by atoms with Crippen LogP contribution >= 0.6 is 11.8 Å². The molecule has 1 N–H and O–H groups in total. The van der Waals surface area contributed by atoms with E-state index in [1.54, 1.807) is 0 Å². The van der Waals surface area contributed by atoms with Gasteiger partial charge in [0.05, 0.1) is 10.9 Å². The van der Waals surface area contributed by atoms with E-state index in [0.717, 1.165) is 55.2 Å². The van der Waals surface area contributed by atoms with Gasteiger partial charge in [-0.15, -0.1) is 5.10 Å². The molecular formula is C24H31N5O2S. The van der Waals surface area contributed by atoms with E-state index in [-0.39, 0.29) is 16.7 Å². The van der Waals surface area contributed by atoms with Crippen molar-refractivity contribution in [3.8, 4) is 17.1 Å². The lowest BCUT2D eigenvalue weighted by Gasteiger charge is -2.20. The Bertz CT molecular complexity index is 1110. The molecule has 1 atom stereocenters. The number of hydrogen-bond donors (Lipinski definition) is 1.